The minimum absolute atomic E-state index is 0.152. The van der Waals surface area contributed by atoms with Crippen LogP contribution >= 0.6 is 0 Å². The molecule has 0 spiro atoms. The van der Waals surface area contributed by atoms with E-state index in [1.165, 1.54) is 0 Å². The van der Waals surface area contributed by atoms with Crippen molar-refractivity contribution < 1.29 is 28.7 Å². The molecular weight excluding hydrogens is 335 g/mol. The summed E-state index contributed by atoms with van der Waals surface area (Å²) in [5.41, 5.74) is 0.0972. The molecule has 6 nitrogen and oxygen atoms in total. The Hall–Kier alpha value is -1.57. The minimum atomic E-state index is -1.30. The van der Waals surface area contributed by atoms with Crippen LogP contribution in [0.3, 0.4) is 0 Å². The van der Waals surface area contributed by atoms with E-state index in [2.05, 4.69) is 0 Å². The van der Waals surface area contributed by atoms with Crippen molar-refractivity contribution in [3.05, 3.63) is 24.3 Å². The van der Waals surface area contributed by atoms with E-state index < -0.39 is 30.4 Å². The molecule has 1 unspecified atom stereocenters. The van der Waals surface area contributed by atoms with Crippen molar-refractivity contribution in [2.45, 2.75) is 64.8 Å². The lowest BCUT2D eigenvalue weighted by Gasteiger charge is -2.32. The Morgan fingerprint density at radius 2 is 1.73 bits per heavy atom. The number of rotatable bonds is 8. The van der Waals surface area contributed by atoms with Crippen LogP contribution in [-0.4, -0.2) is 48.7 Å². The molecule has 2 rings (SSSR count). The van der Waals surface area contributed by atoms with Gasteiger partial charge in [-0.05, 0) is 51.7 Å². The van der Waals surface area contributed by atoms with Gasteiger partial charge in [0.15, 0.2) is 6.10 Å². The molecule has 1 aromatic rings. The van der Waals surface area contributed by atoms with Crippen LogP contribution in [-0.2, 0) is 18.8 Å². The number of esters is 1. The van der Waals surface area contributed by atoms with Gasteiger partial charge in [0.25, 0.3) is 0 Å². The minimum Gasteiger partial charge on any atom is -0.490 e. The molecule has 26 heavy (non-hydrogen) atoms. The normalized spacial score (nSPS) is 19.2. The summed E-state index contributed by atoms with van der Waals surface area (Å²) in [5, 5.41) is 9.78. The third kappa shape index (κ3) is 4.99. The summed E-state index contributed by atoms with van der Waals surface area (Å²) in [7, 11) is -0.437. The highest BCUT2D eigenvalue weighted by molar-refractivity contribution is 6.62. The second kappa shape index (κ2) is 8.42. The van der Waals surface area contributed by atoms with E-state index in [9.17, 15) is 9.90 Å². The molecule has 1 saturated heterocycles. The number of hydrogen-bond donors (Lipinski definition) is 1. The molecule has 0 amide bonds. The monoisotopic (exact) mass is 364 g/mol. The van der Waals surface area contributed by atoms with Gasteiger partial charge in [0.1, 0.15) is 12.4 Å². The summed E-state index contributed by atoms with van der Waals surface area (Å²) in [4.78, 5) is 11.6. The lowest BCUT2D eigenvalue weighted by Crippen LogP contribution is -2.41. The fourth-order valence-electron chi connectivity index (χ4n) is 2.36. The second-order valence-electron chi connectivity index (χ2n) is 7.51. The fraction of sp³-hybridized carbons (Fsp3) is 0.632. The number of unbranched alkanes of at least 4 members (excludes halogenated alkanes) is 1. The number of aliphatic hydroxyl groups excluding tert-OH is 1. The standard InChI is InChI=1S/C19H29BO6/c1-6-7-12-23-17(22)16(21)13-24-15-10-8-14(9-11-15)20-25-18(2,3)19(4,5)26-20/h8-11,16,21H,6-7,12-13H2,1-5H3. The van der Waals surface area contributed by atoms with Crippen LogP contribution in [0.2, 0.25) is 0 Å². The van der Waals surface area contributed by atoms with Gasteiger partial charge in [0.2, 0.25) is 0 Å². The smallest absolute Gasteiger partial charge is 0.490 e. The topological polar surface area (TPSA) is 74.2 Å². The number of hydrogen-bond acceptors (Lipinski definition) is 6. The Morgan fingerprint density at radius 3 is 2.27 bits per heavy atom. The van der Waals surface area contributed by atoms with Gasteiger partial charge in [0, 0.05) is 0 Å². The zero-order chi connectivity index (χ0) is 19.4. The zero-order valence-electron chi connectivity index (χ0n) is 16.3. The Bertz CT molecular complexity index is 583. The Kier molecular flexibility index (Phi) is 6.72. The fourth-order valence-corrected chi connectivity index (χ4v) is 2.36. The van der Waals surface area contributed by atoms with Gasteiger partial charge in [0.05, 0.1) is 17.8 Å². The van der Waals surface area contributed by atoms with E-state index >= 15 is 0 Å². The van der Waals surface area contributed by atoms with Crippen molar-refractivity contribution >= 4 is 18.6 Å². The molecule has 1 aromatic carbocycles. The molecule has 0 radical (unpaired) electrons. The van der Waals surface area contributed by atoms with E-state index in [1.807, 2.05) is 46.8 Å². The van der Waals surface area contributed by atoms with Gasteiger partial charge >= 0.3 is 13.1 Å². The van der Waals surface area contributed by atoms with Crippen molar-refractivity contribution in [3.8, 4) is 5.75 Å². The third-order valence-corrected chi connectivity index (χ3v) is 4.83. The molecule has 7 heteroatoms. The molecule has 144 valence electrons. The number of ether oxygens (including phenoxy) is 2. The lowest BCUT2D eigenvalue weighted by atomic mass is 9.79. The molecule has 1 aliphatic rings. The Labute approximate surface area is 155 Å². The van der Waals surface area contributed by atoms with Gasteiger partial charge in [-0.2, -0.15) is 0 Å². The van der Waals surface area contributed by atoms with Crippen LogP contribution in [0.15, 0.2) is 24.3 Å². The number of carbonyl (C=O) groups is 1. The summed E-state index contributed by atoms with van der Waals surface area (Å²) >= 11 is 0. The van der Waals surface area contributed by atoms with Crippen LogP contribution in [0.25, 0.3) is 0 Å². The molecule has 0 aromatic heterocycles. The van der Waals surface area contributed by atoms with Crippen LogP contribution < -0.4 is 10.2 Å². The molecule has 1 atom stereocenters. The first-order valence-corrected chi connectivity index (χ1v) is 9.09. The van der Waals surface area contributed by atoms with Crippen LogP contribution in [0.5, 0.6) is 5.75 Å². The molecule has 1 fully saturated rings. The molecular formula is C19H29BO6. The SMILES string of the molecule is CCCCOC(=O)C(O)COc1ccc(B2OC(C)(C)C(C)(C)O2)cc1. The molecule has 1 aliphatic heterocycles. The Morgan fingerprint density at radius 1 is 1.15 bits per heavy atom. The van der Waals surface area contributed by atoms with Crippen LogP contribution in [0.4, 0.5) is 0 Å². The largest absolute Gasteiger partial charge is 0.494 e. The first-order chi connectivity index (χ1) is 12.2. The maximum Gasteiger partial charge on any atom is 0.494 e. The number of aliphatic hydroxyl groups is 1. The predicted molar refractivity (Wildman–Crippen MR) is 99.5 cm³/mol. The van der Waals surface area contributed by atoms with Crippen molar-refractivity contribution in [2.75, 3.05) is 13.2 Å². The summed E-state index contributed by atoms with van der Waals surface area (Å²) in [6, 6.07) is 7.22. The highest BCUT2D eigenvalue weighted by atomic mass is 16.7. The molecule has 0 saturated carbocycles. The summed E-state index contributed by atoms with van der Waals surface area (Å²) in [6.45, 7) is 10.2. The van der Waals surface area contributed by atoms with Crippen LogP contribution in [0.1, 0.15) is 47.5 Å². The number of carbonyl (C=O) groups excluding carboxylic acids is 1. The first kappa shape index (κ1) is 20.7. The maximum atomic E-state index is 11.6. The highest BCUT2D eigenvalue weighted by Crippen LogP contribution is 2.36. The van der Waals surface area contributed by atoms with Crippen molar-refractivity contribution in [1.29, 1.82) is 0 Å². The average molecular weight is 364 g/mol. The predicted octanol–water partition coefficient (Wildman–Crippen LogP) is 2.07. The quantitative estimate of drug-likeness (QED) is 0.433. The van der Waals surface area contributed by atoms with E-state index in [1.54, 1.807) is 12.1 Å². The van der Waals surface area contributed by atoms with Crippen LogP contribution in [0, 0.1) is 0 Å². The summed E-state index contributed by atoms with van der Waals surface area (Å²) in [5.74, 6) is -0.113. The summed E-state index contributed by atoms with van der Waals surface area (Å²) in [6.07, 6.45) is 0.406. The second-order valence-corrected chi connectivity index (χ2v) is 7.51. The molecule has 1 heterocycles. The van der Waals surface area contributed by atoms with Gasteiger partial charge < -0.3 is 23.9 Å². The van der Waals surface area contributed by atoms with E-state index in [4.69, 9.17) is 18.8 Å². The van der Waals surface area contributed by atoms with Gasteiger partial charge in [-0.25, -0.2) is 4.79 Å². The average Bonchev–Trinajstić information content (AvgIpc) is 2.81. The maximum absolute atomic E-state index is 11.6. The van der Waals surface area contributed by atoms with Crippen molar-refractivity contribution in [2.24, 2.45) is 0 Å². The van der Waals surface area contributed by atoms with E-state index in [0.29, 0.717) is 12.4 Å². The van der Waals surface area contributed by atoms with E-state index in [0.717, 1.165) is 18.3 Å². The van der Waals surface area contributed by atoms with Crippen molar-refractivity contribution in [1.82, 2.24) is 0 Å². The third-order valence-electron chi connectivity index (χ3n) is 4.83. The molecule has 0 aliphatic carbocycles. The van der Waals surface area contributed by atoms with Gasteiger partial charge in [-0.1, -0.05) is 25.5 Å². The molecule has 1 N–H and O–H groups in total. The number of benzene rings is 1. The highest BCUT2D eigenvalue weighted by Gasteiger charge is 2.51. The zero-order valence-corrected chi connectivity index (χ0v) is 16.3. The summed E-state index contributed by atoms with van der Waals surface area (Å²) < 4.78 is 22.4. The Balaban J connectivity index is 1.85. The van der Waals surface area contributed by atoms with Crippen molar-refractivity contribution in [3.63, 3.8) is 0 Å². The first-order valence-electron chi connectivity index (χ1n) is 9.09. The van der Waals surface area contributed by atoms with Gasteiger partial charge in [-0.3, -0.25) is 0 Å². The van der Waals surface area contributed by atoms with E-state index in [-0.39, 0.29) is 6.61 Å². The van der Waals surface area contributed by atoms with Gasteiger partial charge in [-0.15, -0.1) is 0 Å². The molecule has 0 bridgehead atoms. The lowest BCUT2D eigenvalue weighted by molar-refractivity contribution is -0.155.